The molecule has 0 bridgehead atoms. The number of fused-ring (bicyclic) bond motifs is 1. The van der Waals surface area contributed by atoms with Crippen LogP contribution < -0.4 is 5.32 Å². The fraction of sp³-hybridized carbons (Fsp3) is 0.278. The lowest BCUT2D eigenvalue weighted by atomic mass is 10.3. The zero-order chi connectivity index (χ0) is 15.7. The Kier molecular flexibility index (Phi) is 5.94. The van der Waals surface area contributed by atoms with Gasteiger partial charge in [0, 0.05) is 37.0 Å². The number of pyridine rings is 1. The maximum absolute atomic E-state index is 5.67. The van der Waals surface area contributed by atoms with Gasteiger partial charge in [-0.05, 0) is 30.7 Å². The van der Waals surface area contributed by atoms with Crippen molar-refractivity contribution in [2.24, 2.45) is 0 Å². The van der Waals surface area contributed by atoms with Gasteiger partial charge in [-0.3, -0.25) is 4.40 Å². The van der Waals surface area contributed by atoms with Crippen molar-refractivity contribution in [2.75, 3.05) is 30.8 Å². The van der Waals surface area contributed by atoms with Crippen molar-refractivity contribution in [3.63, 3.8) is 0 Å². The minimum atomic E-state index is 0.733. The summed E-state index contributed by atoms with van der Waals surface area (Å²) in [6.45, 7) is 2.37. The van der Waals surface area contributed by atoms with Crippen LogP contribution in [0, 0.1) is 0 Å². The molecule has 0 radical (unpaired) electrons. The number of benzene rings is 1. The number of nitrogens with one attached hydrogen (secondary N) is 1. The smallest absolute Gasteiger partial charge is 0.137 e. The standard InChI is InChI=1S/C18H21N3OS/c1-2-6-16(7-3-1)19-11-14-22-13-5-15-23-18-9-4-8-17-20-10-12-21(17)18/h1-4,6-10,12,19H,5,11,13-15H2. The van der Waals surface area contributed by atoms with Gasteiger partial charge < -0.3 is 10.1 Å². The lowest BCUT2D eigenvalue weighted by molar-refractivity contribution is 0.145. The number of imidazole rings is 1. The summed E-state index contributed by atoms with van der Waals surface area (Å²) in [5, 5.41) is 4.57. The van der Waals surface area contributed by atoms with Gasteiger partial charge in [-0.1, -0.05) is 24.3 Å². The molecule has 0 atom stereocenters. The Hall–Kier alpha value is -1.98. The molecule has 4 nitrogen and oxygen atoms in total. The van der Waals surface area contributed by atoms with Gasteiger partial charge in [0.05, 0.1) is 11.6 Å². The van der Waals surface area contributed by atoms with Gasteiger partial charge in [0.1, 0.15) is 5.65 Å². The number of nitrogens with zero attached hydrogens (tertiary/aromatic N) is 2. The first kappa shape index (κ1) is 15.9. The van der Waals surface area contributed by atoms with E-state index in [9.17, 15) is 0 Å². The van der Waals surface area contributed by atoms with Crippen molar-refractivity contribution in [1.29, 1.82) is 0 Å². The molecule has 120 valence electrons. The average molecular weight is 327 g/mol. The molecule has 3 rings (SSSR count). The first-order valence-electron chi connectivity index (χ1n) is 7.85. The highest BCUT2D eigenvalue weighted by Gasteiger charge is 2.00. The van der Waals surface area contributed by atoms with Crippen LogP contribution in [0.4, 0.5) is 5.69 Å². The molecule has 0 aliphatic heterocycles. The highest BCUT2D eigenvalue weighted by atomic mass is 32.2. The van der Waals surface area contributed by atoms with E-state index < -0.39 is 0 Å². The Morgan fingerprint density at radius 3 is 2.87 bits per heavy atom. The molecule has 23 heavy (non-hydrogen) atoms. The van der Waals surface area contributed by atoms with E-state index in [1.54, 1.807) is 0 Å². The maximum Gasteiger partial charge on any atom is 0.137 e. The van der Waals surface area contributed by atoms with Gasteiger partial charge in [-0.15, -0.1) is 11.8 Å². The Balaban J connectivity index is 1.28. The number of thioether (sulfide) groups is 1. The summed E-state index contributed by atoms with van der Waals surface area (Å²) in [5.74, 6) is 1.05. The largest absolute Gasteiger partial charge is 0.383 e. The highest BCUT2D eigenvalue weighted by molar-refractivity contribution is 7.99. The molecule has 3 aromatic rings. The fourth-order valence-electron chi connectivity index (χ4n) is 2.30. The topological polar surface area (TPSA) is 38.6 Å². The van der Waals surface area contributed by atoms with E-state index in [4.69, 9.17) is 4.74 Å². The number of aromatic nitrogens is 2. The number of rotatable bonds is 9. The van der Waals surface area contributed by atoms with Gasteiger partial charge in [0.2, 0.25) is 0 Å². The van der Waals surface area contributed by atoms with E-state index in [1.165, 1.54) is 5.03 Å². The molecule has 0 spiro atoms. The Bertz CT molecular complexity index is 714. The number of hydrogen-bond donors (Lipinski definition) is 1. The summed E-state index contributed by atoms with van der Waals surface area (Å²) in [5.41, 5.74) is 2.14. The van der Waals surface area contributed by atoms with Crippen LogP contribution in [0.25, 0.3) is 5.65 Å². The third-order valence-electron chi connectivity index (χ3n) is 3.42. The van der Waals surface area contributed by atoms with Crippen LogP contribution in [0.1, 0.15) is 6.42 Å². The first-order valence-corrected chi connectivity index (χ1v) is 8.83. The molecule has 2 heterocycles. The third-order valence-corrected chi connectivity index (χ3v) is 4.54. The molecule has 0 fully saturated rings. The fourth-order valence-corrected chi connectivity index (χ4v) is 3.24. The number of anilines is 1. The van der Waals surface area contributed by atoms with Crippen molar-refractivity contribution in [3.05, 3.63) is 60.9 Å². The van der Waals surface area contributed by atoms with Crippen molar-refractivity contribution in [2.45, 2.75) is 11.4 Å². The second-order valence-electron chi connectivity index (χ2n) is 5.13. The highest BCUT2D eigenvalue weighted by Crippen LogP contribution is 2.19. The van der Waals surface area contributed by atoms with Crippen LogP contribution in [0.15, 0.2) is 66.0 Å². The predicted octanol–water partition coefficient (Wildman–Crippen LogP) is 3.95. The quantitative estimate of drug-likeness (QED) is 0.477. The SMILES string of the molecule is c1ccc(NCCOCCCSc2cccc3nccn23)cc1. The van der Waals surface area contributed by atoms with Crippen molar-refractivity contribution in [1.82, 2.24) is 9.38 Å². The van der Waals surface area contributed by atoms with E-state index in [0.29, 0.717) is 0 Å². The zero-order valence-corrected chi connectivity index (χ0v) is 13.8. The summed E-state index contributed by atoms with van der Waals surface area (Å²) in [4.78, 5) is 4.30. The van der Waals surface area contributed by atoms with Crippen LogP contribution in [0.5, 0.6) is 0 Å². The lowest BCUT2D eigenvalue weighted by Crippen LogP contribution is -2.10. The predicted molar refractivity (Wildman–Crippen MR) is 96.3 cm³/mol. The average Bonchev–Trinajstić information content (AvgIpc) is 3.07. The summed E-state index contributed by atoms with van der Waals surface area (Å²) < 4.78 is 7.79. The summed E-state index contributed by atoms with van der Waals surface area (Å²) in [6, 6.07) is 16.4. The number of para-hydroxylation sites is 1. The monoisotopic (exact) mass is 327 g/mol. The molecular weight excluding hydrogens is 306 g/mol. The molecule has 1 N–H and O–H groups in total. The molecule has 0 aliphatic rings. The first-order chi connectivity index (χ1) is 11.4. The Morgan fingerprint density at radius 1 is 1.04 bits per heavy atom. The van der Waals surface area contributed by atoms with E-state index >= 15 is 0 Å². The number of hydrogen-bond acceptors (Lipinski definition) is 4. The van der Waals surface area contributed by atoms with Crippen molar-refractivity contribution >= 4 is 23.1 Å². The summed E-state index contributed by atoms with van der Waals surface area (Å²) >= 11 is 1.84. The maximum atomic E-state index is 5.67. The van der Waals surface area contributed by atoms with Crippen LogP contribution >= 0.6 is 11.8 Å². The molecule has 0 aliphatic carbocycles. The van der Waals surface area contributed by atoms with Crippen LogP contribution in [0.2, 0.25) is 0 Å². The minimum absolute atomic E-state index is 0.733. The molecule has 0 unspecified atom stereocenters. The Labute approximate surface area is 140 Å². The Morgan fingerprint density at radius 2 is 1.96 bits per heavy atom. The molecular formula is C18H21N3OS. The molecule has 5 heteroatoms. The van der Waals surface area contributed by atoms with Crippen LogP contribution in [-0.2, 0) is 4.74 Å². The van der Waals surface area contributed by atoms with Gasteiger partial charge in [-0.2, -0.15) is 0 Å². The lowest BCUT2D eigenvalue weighted by Gasteiger charge is -2.08. The molecule has 0 amide bonds. The number of ether oxygens (including phenoxy) is 1. The second-order valence-corrected chi connectivity index (χ2v) is 6.24. The van der Waals surface area contributed by atoms with Crippen LogP contribution in [0.3, 0.4) is 0 Å². The van der Waals surface area contributed by atoms with Crippen molar-refractivity contribution < 1.29 is 4.74 Å². The minimum Gasteiger partial charge on any atom is -0.383 e. The summed E-state index contributed by atoms with van der Waals surface area (Å²) in [7, 11) is 0. The van der Waals surface area contributed by atoms with E-state index in [0.717, 1.165) is 43.3 Å². The van der Waals surface area contributed by atoms with Gasteiger partial charge in [0.25, 0.3) is 0 Å². The molecule has 1 aromatic carbocycles. The molecule has 0 saturated carbocycles. The third kappa shape index (κ3) is 4.74. The van der Waals surface area contributed by atoms with Gasteiger partial charge >= 0.3 is 0 Å². The second kappa shape index (κ2) is 8.60. The zero-order valence-electron chi connectivity index (χ0n) is 13.0. The summed E-state index contributed by atoms with van der Waals surface area (Å²) in [6.07, 6.45) is 4.88. The van der Waals surface area contributed by atoms with E-state index in [2.05, 4.69) is 39.0 Å². The van der Waals surface area contributed by atoms with Crippen LogP contribution in [-0.4, -0.2) is 34.9 Å². The van der Waals surface area contributed by atoms with Crippen molar-refractivity contribution in [3.8, 4) is 0 Å². The normalized spacial score (nSPS) is 11.0. The van der Waals surface area contributed by atoms with E-state index in [1.807, 2.05) is 48.4 Å². The van der Waals surface area contributed by atoms with Gasteiger partial charge in [0.15, 0.2) is 0 Å². The van der Waals surface area contributed by atoms with E-state index in [-0.39, 0.29) is 0 Å². The molecule has 0 saturated heterocycles. The van der Waals surface area contributed by atoms with Gasteiger partial charge in [-0.25, -0.2) is 4.98 Å². The molecule has 2 aromatic heterocycles.